The molecule has 2 aromatic carbocycles. The first-order chi connectivity index (χ1) is 15.5. The number of ether oxygens (including phenoxy) is 1. The first kappa shape index (κ1) is 22.2. The van der Waals surface area contributed by atoms with Crippen LogP contribution in [0.2, 0.25) is 0 Å². The number of morpholine rings is 1. The van der Waals surface area contributed by atoms with Gasteiger partial charge >= 0.3 is 0 Å². The summed E-state index contributed by atoms with van der Waals surface area (Å²) >= 11 is 0. The Hall–Kier alpha value is -2.96. The van der Waals surface area contributed by atoms with Gasteiger partial charge in [0.25, 0.3) is 11.7 Å². The summed E-state index contributed by atoms with van der Waals surface area (Å²) in [5, 5.41) is 11.1. The van der Waals surface area contributed by atoms with E-state index in [0.717, 1.165) is 56.0 Å². The Labute approximate surface area is 189 Å². The highest BCUT2D eigenvalue weighted by Gasteiger charge is 2.45. The second-order valence-electron chi connectivity index (χ2n) is 8.58. The van der Waals surface area contributed by atoms with Crippen LogP contribution in [0.5, 0.6) is 0 Å². The number of aliphatic hydroxyl groups excluding tert-OH is 1. The molecule has 4 rings (SSSR count). The number of aliphatic hydroxyl groups is 1. The molecule has 6 heteroatoms. The number of hydrogen-bond acceptors (Lipinski definition) is 5. The second-order valence-corrected chi connectivity index (χ2v) is 8.58. The maximum Gasteiger partial charge on any atom is 0.295 e. The predicted octanol–water partition coefficient (Wildman–Crippen LogP) is 3.45. The third-order valence-corrected chi connectivity index (χ3v) is 6.24. The number of hydrogen-bond donors (Lipinski definition) is 1. The van der Waals surface area contributed by atoms with E-state index in [2.05, 4.69) is 4.90 Å². The van der Waals surface area contributed by atoms with Crippen molar-refractivity contribution >= 4 is 17.4 Å². The first-order valence-corrected chi connectivity index (χ1v) is 11.2. The lowest BCUT2D eigenvalue weighted by Crippen LogP contribution is -2.38. The Morgan fingerprint density at radius 2 is 1.53 bits per heavy atom. The number of aryl methyl sites for hydroxylation is 2. The fourth-order valence-electron chi connectivity index (χ4n) is 4.36. The average molecular weight is 435 g/mol. The van der Waals surface area contributed by atoms with Gasteiger partial charge in [0.15, 0.2) is 0 Å². The van der Waals surface area contributed by atoms with Crippen LogP contribution in [0.15, 0.2) is 54.1 Å². The molecule has 1 N–H and O–H groups in total. The van der Waals surface area contributed by atoms with E-state index in [9.17, 15) is 14.7 Å². The zero-order valence-corrected chi connectivity index (χ0v) is 18.7. The molecule has 0 aliphatic carbocycles. The normalized spacial score (nSPS) is 21.3. The van der Waals surface area contributed by atoms with Crippen molar-refractivity contribution in [3.8, 4) is 0 Å². The van der Waals surface area contributed by atoms with Gasteiger partial charge in [0, 0.05) is 31.7 Å². The predicted molar refractivity (Wildman–Crippen MR) is 123 cm³/mol. The summed E-state index contributed by atoms with van der Waals surface area (Å²) in [6, 6.07) is 14.5. The number of Topliss-reactive ketones (excluding diaryl/α,β-unsaturated/α-hetero) is 1. The molecule has 0 aromatic heterocycles. The van der Waals surface area contributed by atoms with E-state index in [-0.39, 0.29) is 11.3 Å². The molecular formula is C26H30N2O4. The van der Waals surface area contributed by atoms with Gasteiger partial charge in [-0.25, -0.2) is 0 Å². The number of amides is 1. The van der Waals surface area contributed by atoms with Gasteiger partial charge in [-0.3, -0.25) is 14.5 Å². The number of likely N-dealkylation sites (tertiary alicyclic amines) is 1. The fourth-order valence-corrected chi connectivity index (χ4v) is 4.36. The van der Waals surface area contributed by atoms with Crippen molar-refractivity contribution in [1.82, 2.24) is 9.80 Å². The monoisotopic (exact) mass is 434 g/mol. The van der Waals surface area contributed by atoms with Crippen LogP contribution in [-0.2, 0) is 14.3 Å². The van der Waals surface area contributed by atoms with Crippen molar-refractivity contribution in [2.75, 3.05) is 39.4 Å². The van der Waals surface area contributed by atoms with E-state index in [1.54, 1.807) is 17.0 Å². The molecular weight excluding hydrogens is 404 g/mol. The SMILES string of the molecule is Cc1ccc(C(O)=C2C(=O)C(=O)N(CCCN3CCOCC3)C2c2ccc(C)cc2)cc1. The molecule has 2 saturated heterocycles. The Bertz CT molecular complexity index is 1010. The topological polar surface area (TPSA) is 70.1 Å². The van der Waals surface area contributed by atoms with Gasteiger partial charge in [0.1, 0.15) is 5.76 Å². The molecule has 0 bridgehead atoms. The number of benzene rings is 2. The highest BCUT2D eigenvalue weighted by Crippen LogP contribution is 2.39. The quantitative estimate of drug-likeness (QED) is 0.428. The van der Waals surface area contributed by atoms with Crippen molar-refractivity contribution in [2.24, 2.45) is 0 Å². The summed E-state index contributed by atoms with van der Waals surface area (Å²) in [7, 11) is 0. The minimum absolute atomic E-state index is 0.121. The van der Waals surface area contributed by atoms with E-state index in [1.165, 1.54) is 0 Å². The Kier molecular flexibility index (Phi) is 6.72. The molecule has 168 valence electrons. The molecule has 2 aliphatic heterocycles. The van der Waals surface area contributed by atoms with Crippen LogP contribution in [0.4, 0.5) is 0 Å². The number of carbonyl (C=O) groups is 2. The Morgan fingerprint density at radius 3 is 2.16 bits per heavy atom. The summed E-state index contributed by atoms with van der Waals surface area (Å²) in [5.41, 5.74) is 3.68. The van der Waals surface area contributed by atoms with Crippen LogP contribution in [0, 0.1) is 13.8 Å². The summed E-state index contributed by atoms with van der Waals surface area (Å²) in [5.74, 6) is -1.30. The highest BCUT2D eigenvalue weighted by molar-refractivity contribution is 6.46. The summed E-state index contributed by atoms with van der Waals surface area (Å²) in [6.45, 7) is 8.46. The smallest absolute Gasteiger partial charge is 0.295 e. The van der Waals surface area contributed by atoms with Gasteiger partial charge in [-0.15, -0.1) is 0 Å². The molecule has 2 fully saturated rings. The van der Waals surface area contributed by atoms with Gasteiger partial charge in [0.2, 0.25) is 0 Å². The molecule has 1 unspecified atom stereocenters. The molecule has 6 nitrogen and oxygen atoms in total. The second kappa shape index (κ2) is 9.67. The van der Waals surface area contributed by atoms with Crippen LogP contribution in [0.3, 0.4) is 0 Å². The van der Waals surface area contributed by atoms with Gasteiger partial charge in [-0.2, -0.15) is 0 Å². The van der Waals surface area contributed by atoms with Crippen LogP contribution in [0.25, 0.3) is 5.76 Å². The molecule has 1 amide bonds. The first-order valence-electron chi connectivity index (χ1n) is 11.2. The molecule has 0 saturated carbocycles. The van der Waals surface area contributed by atoms with E-state index >= 15 is 0 Å². The maximum absolute atomic E-state index is 13.1. The summed E-state index contributed by atoms with van der Waals surface area (Å²) in [6.07, 6.45) is 0.750. The van der Waals surface area contributed by atoms with Crippen molar-refractivity contribution in [3.63, 3.8) is 0 Å². The standard InChI is InChI=1S/C26H30N2O4/c1-18-4-8-20(9-5-18)23-22(24(29)21-10-6-19(2)7-11-21)25(30)26(31)28(23)13-3-12-27-14-16-32-17-15-27/h4-11,23,29H,3,12-17H2,1-2H3. The van der Waals surface area contributed by atoms with Crippen LogP contribution in [-0.4, -0.2) is 66.0 Å². The van der Waals surface area contributed by atoms with E-state index in [0.29, 0.717) is 12.1 Å². The summed E-state index contributed by atoms with van der Waals surface area (Å²) in [4.78, 5) is 30.0. The lowest BCUT2D eigenvalue weighted by molar-refractivity contribution is -0.140. The third-order valence-electron chi connectivity index (χ3n) is 6.24. The van der Waals surface area contributed by atoms with Gasteiger partial charge in [-0.1, -0.05) is 59.7 Å². The molecule has 0 radical (unpaired) electrons. The maximum atomic E-state index is 13.1. The van der Waals surface area contributed by atoms with E-state index in [4.69, 9.17) is 4.74 Å². The Morgan fingerprint density at radius 1 is 0.938 bits per heavy atom. The van der Waals surface area contributed by atoms with Crippen LogP contribution < -0.4 is 0 Å². The third kappa shape index (κ3) is 4.61. The average Bonchev–Trinajstić information content (AvgIpc) is 3.05. The molecule has 2 aromatic rings. The fraction of sp³-hybridized carbons (Fsp3) is 0.385. The van der Waals surface area contributed by atoms with Crippen molar-refractivity contribution < 1.29 is 19.4 Å². The van der Waals surface area contributed by atoms with Crippen molar-refractivity contribution in [3.05, 3.63) is 76.4 Å². The zero-order valence-electron chi connectivity index (χ0n) is 18.7. The number of carbonyl (C=O) groups excluding carboxylic acids is 2. The zero-order chi connectivity index (χ0) is 22.7. The van der Waals surface area contributed by atoms with Gasteiger partial charge < -0.3 is 14.7 Å². The van der Waals surface area contributed by atoms with E-state index in [1.807, 2.05) is 50.2 Å². The summed E-state index contributed by atoms with van der Waals surface area (Å²) < 4.78 is 5.40. The van der Waals surface area contributed by atoms with Crippen molar-refractivity contribution in [1.29, 1.82) is 0 Å². The highest BCUT2D eigenvalue weighted by atomic mass is 16.5. The molecule has 2 aliphatic rings. The number of nitrogens with zero attached hydrogens (tertiary/aromatic N) is 2. The van der Waals surface area contributed by atoms with Crippen LogP contribution >= 0.6 is 0 Å². The minimum Gasteiger partial charge on any atom is -0.507 e. The lowest BCUT2D eigenvalue weighted by atomic mass is 9.94. The molecule has 1 atom stereocenters. The lowest BCUT2D eigenvalue weighted by Gasteiger charge is -2.29. The van der Waals surface area contributed by atoms with Crippen LogP contribution in [0.1, 0.15) is 34.7 Å². The van der Waals surface area contributed by atoms with Gasteiger partial charge in [-0.05, 0) is 25.8 Å². The Balaban J connectivity index is 1.66. The van der Waals surface area contributed by atoms with Gasteiger partial charge in [0.05, 0.1) is 24.8 Å². The van der Waals surface area contributed by atoms with Crippen molar-refractivity contribution in [2.45, 2.75) is 26.3 Å². The molecule has 32 heavy (non-hydrogen) atoms. The minimum atomic E-state index is -0.625. The number of rotatable bonds is 6. The number of ketones is 1. The van der Waals surface area contributed by atoms with E-state index < -0.39 is 17.7 Å². The molecule has 0 spiro atoms. The largest absolute Gasteiger partial charge is 0.507 e. The molecule has 2 heterocycles.